The topological polar surface area (TPSA) is 70.0 Å². The number of rotatable bonds is 3. The summed E-state index contributed by atoms with van der Waals surface area (Å²) in [4.78, 5) is 23.2. The van der Waals surface area contributed by atoms with Crippen LogP contribution in [0.3, 0.4) is 0 Å². The van der Waals surface area contributed by atoms with Crippen LogP contribution in [-0.2, 0) is 4.79 Å². The fourth-order valence-electron chi connectivity index (χ4n) is 1.29. The van der Waals surface area contributed by atoms with Crippen LogP contribution in [0.15, 0.2) is 18.2 Å². The van der Waals surface area contributed by atoms with Crippen molar-refractivity contribution in [3.05, 3.63) is 34.3 Å². The van der Waals surface area contributed by atoms with Crippen LogP contribution in [0.5, 0.6) is 0 Å². The van der Waals surface area contributed by atoms with Crippen molar-refractivity contribution >= 4 is 23.3 Å². The van der Waals surface area contributed by atoms with E-state index in [1.165, 1.54) is 13.1 Å². The third-order valence-corrected chi connectivity index (χ3v) is 2.76. The summed E-state index contributed by atoms with van der Waals surface area (Å²) < 4.78 is 0. The van der Waals surface area contributed by atoms with Gasteiger partial charge in [0, 0.05) is 17.6 Å². The van der Waals surface area contributed by atoms with Crippen LogP contribution in [0.1, 0.15) is 15.9 Å². The van der Waals surface area contributed by atoms with Crippen molar-refractivity contribution in [3.8, 4) is 6.07 Å². The Bertz CT molecular complexity index is 506. The van der Waals surface area contributed by atoms with E-state index in [1.54, 1.807) is 25.1 Å². The Morgan fingerprint density at radius 3 is 2.59 bits per heavy atom. The molecule has 0 fully saturated rings. The molecule has 17 heavy (non-hydrogen) atoms. The lowest BCUT2D eigenvalue weighted by Crippen LogP contribution is -2.32. The monoisotopic (exact) mass is 250 g/mol. The number of amides is 1. The third-order valence-electron chi connectivity index (χ3n) is 2.36. The molecular formula is C12H11ClN2O2. The van der Waals surface area contributed by atoms with E-state index >= 15 is 0 Å². The zero-order valence-corrected chi connectivity index (χ0v) is 10.2. The molecule has 4 nitrogen and oxygen atoms in total. The average molecular weight is 251 g/mol. The van der Waals surface area contributed by atoms with Gasteiger partial charge in [0.2, 0.25) is 5.91 Å². The van der Waals surface area contributed by atoms with Gasteiger partial charge in [-0.05, 0) is 18.6 Å². The predicted molar refractivity (Wildman–Crippen MR) is 63.7 cm³/mol. The Labute approximate surface area is 104 Å². The van der Waals surface area contributed by atoms with Crippen molar-refractivity contribution in [1.29, 1.82) is 5.26 Å². The number of halogens is 1. The van der Waals surface area contributed by atoms with Gasteiger partial charge < -0.3 is 5.32 Å². The largest absolute Gasteiger partial charge is 0.358 e. The van der Waals surface area contributed by atoms with E-state index in [4.69, 9.17) is 16.9 Å². The molecule has 1 N–H and O–H groups in total. The number of ketones is 1. The Balaban J connectivity index is 3.07. The maximum Gasteiger partial charge on any atom is 0.245 e. The lowest BCUT2D eigenvalue weighted by atomic mass is 9.97. The molecule has 0 aromatic heterocycles. The first-order valence-electron chi connectivity index (χ1n) is 4.92. The van der Waals surface area contributed by atoms with Crippen molar-refractivity contribution < 1.29 is 9.59 Å². The Kier molecular flexibility index (Phi) is 4.24. The highest BCUT2D eigenvalue weighted by atomic mass is 35.5. The predicted octanol–water partition coefficient (Wildman–Crippen LogP) is 1.72. The first-order chi connectivity index (χ1) is 8.01. The zero-order valence-electron chi connectivity index (χ0n) is 9.45. The summed E-state index contributed by atoms with van der Waals surface area (Å²) in [5, 5.41) is 11.5. The first-order valence-corrected chi connectivity index (χ1v) is 5.30. The minimum Gasteiger partial charge on any atom is -0.358 e. The number of hydrogen-bond acceptors (Lipinski definition) is 3. The molecule has 0 radical (unpaired) electrons. The Morgan fingerprint density at radius 2 is 2.12 bits per heavy atom. The molecule has 0 saturated carbocycles. The van der Waals surface area contributed by atoms with Gasteiger partial charge in [0.1, 0.15) is 0 Å². The van der Waals surface area contributed by atoms with Gasteiger partial charge in [0.25, 0.3) is 0 Å². The smallest absolute Gasteiger partial charge is 0.245 e. The van der Waals surface area contributed by atoms with E-state index in [1.807, 2.05) is 0 Å². The van der Waals surface area contributed by atoms with Crippen molar-refractivity contribution in [2.45, 2.75) is 6.92 Å². The lowest BCUT2D eigenvalue weighted by molar-refractivity contribution is -0.121. The second-order valence-electron chi connectivity index (χ2n) is 3.50. The second-order valence-corrected chi connectivity index (χ2v) is 3.91. The summed E-state index contributed by atoms with van der Waals surface area (Å²) in [6, 6.07) is 6.37. The quantitative estimate of drug-likeness (QED) is 0.656. The minimum absolute atomic E-state index is 0.260. The van der Waals surface area contributed by atoms with Gasteiger partial charge in [-0.25, -0.2) is 0 Å². The van der Waals surface area contributed by atoms with Gasteiger partial charge in [-0.3, -0.25) is 9.59 Å². The molecule has 0 saturated heterocycles. The fourth-order valence-corrected chi connectivity index (χ4v) is 1.47. The van der Waals surface area contributed by atoms with E-state index in [-0.39, 0.29) is 5.56 Å². The lowest BCUT2D eigenvalue weighted by Gasteiger charge is -2.07. The molecule has 0 heterocycles. The number of nitrogens with one attached hydrogen (secondary N) is 1. The fraction of sp³-hybridized carbons (Fsp3) is 0.250. The van der Waals surface area contributed by atoms with Crippen molar-refractivity contribution in [2.75, 3.05) is 7.05 Å². The van der Waals surface area contributed by atoms with Crippen LogP contribution in [0, 0.1) is 24.2 Å². The summed E-state index contributed by atoms with van der Waals surface area (Å²) in [7, 11) is 1.38. The molecule has 1 rings (SSSR count). The molecule has 1 aromatic rings. The molecule has 1 aromatic carbocycles. The summed E-state index contributed by atoms with van der Waals surface area (Å²) in [6.07, 6.45) is 0. The molecule has 1 amide bonds. The summed E-state index contributed by atoms with van der Waals surface area (Å²) in [5.41, 5.74) is 1.09. The van der Waals surface area contributed by atoms with E-state index in [9.17, 15) is 9.59 Å². The highest BCUT2D eigenvalue weighted by Crippen LogP contribution is 2.19. The maximum atomic E-state index is 11.9. The number of carbonyl (C=O) groups is 2. The van der Waals surface area contributed by atoms with Crippen molar-refractivity contribution in [2.24, 2.45) is 5.92 Å². The van der Waals surface area contributed by atoms with E-state index < -0.39 is 17.6 Å². The molecule has 0 aliphatic rings. The molecule has 88 valence electrons. The number of carbonyl (C=O) groups excluding carboxylic acids is 2. The van der Waals surface area contributed by atoms with Crippen LogP contribution >= 0.6 is 11.6 Å². The van der Waals surface area contributed by atoms with E-state index in [0.717, 1.165) is 5.56 Å². The number of nitriles is 1. The van der Waals surface area contributed by atoms with Crippen LogP contribution in [0.4, 0.5) is 0 Å². The molecule has 0 spiro atoms. The number of aryl methyl sites for hydroxylation is 1. The van der Waals surface area contributed by atoms with Gasteiger partial charge >= 0.3 is 0 Å². The highest BCUT2D eigenvalue weighted by Gasteiger charge is 2.26. The molecule has 0 aliphatic carbocycles. The molecule has 0 aliphatic heterocycles. The van der Waals surface area contributed by atoms with E-state index in [0.29, 0.717) is 5.02 Å². The molecule has 5 heteroatoms. The van der Waals surface area contributed by atoms with Gasteiger partial charge in [-0.1, -0.05) is 23.7 Å². The zero-order chi connectivity index (χ0) is 13.0. The normalized spacial score (nSPS) is 11.4. The van der Waals surface area contributed by atoms with E-state index in [2.05, 4.69) is 5.32 Å². The number of nitrogens with zero attached hydrogens (tertiary/aromatic N) is 1. The maximum absolute atomic E-state index is 11.9. The van der Waals surface area contributed by atoms with Crippen LogP contribution < -0.4 is 5.32 Å². The van der Waals surface area contributed by atoms with Gasteiger partial charge in [-0.2, -0.15) is 5.26 Å². The standard InChI is InChI=1S/C12H11ClN2O2/c1-7-3-4-8(5-10(7)13)11(16)9(6-14)12(17)15-2/h3-5,9H,1-2H3,(H,15,17). The second kappa shape index (κ2) is 5.46. The minimum atomic E-state index is -1.33. The van der Waals surface area contributed by atoms with Gasteiger partial charge in [0.15, 0.2) is 11.7 Å². The molecule has 0 bridgehead atoms. The van der Waals surface area contributed by atoms with Crippen LogP contribution in [0.2, 0.25) is 5.02 Å². The molecule has 1 unspecified atom stereocenters. The number of Topliss-reactive ketones (excluding diaryl/α,β-unsaturated/α-hetero) is 1. The summed E-state index contributed by atoms with van der Waals surface area (Å²) in [6.45, 7) is 1.80. The Morgan fingerprint density at radius 1 is 1.47 bits per heavy atom. The summed E-state index contributed by atoms with van der Waals surface area (Å²) >= 11 is 5.88. The average Bonchev–Trinajstić information content (AvgIpc) is 2.33. The van der Waals surface area contributed by atoms with Crippen molar-refractivity contribution in [1.82, 2.24) is 5.32 Å². The van der Waals surface area contributed by atoms with Crippen LogP contribution in [-0.4, -0.2) is 18.7 Å². The van der Waals surface area contributed by atoms with Gasteiger partial charge in [0.05, 0.1) is 6.07 Å². The third kappa shape index (κ3) is 2.83. The van der Waals surface area contributed by atoms with Crippen LogP contribution in [0.25, 0.3) is 0 Å². The Hall–Kier alpha value is -1.86. The highest BCUT2D eigenvalue weighted by molar-refractivity contribution is 6.31. The molecule has 1 atom stereocenters. The first kappa shape index (κ1) is 13.2. The number of benzene rings is 1. The summed E-state index contributed by atoms with van der Waals surface area (Å²) in [5.74, 6) is -2.50. The number of hydrogen-bond donors (Lipinski definition) is 1. The van der Waals surface area contributed by atoms with Crippen molar-refractivity contribution in [3.63, 3.8) is 0 Å². The SMILES string of the molecule is CNC(=O)C(C#N)C(=O)c1ccc(C)c(Cl)c1. The molecular weight excluding hydrogens is 240 g/mol. The van der Waals surface area contributed by atoms with Gasteiger partial charge in [-0.15, -0.1) is 0 Å².